The number of aromatic nitrogens is 1. The molecule has 1 aliphatic rings. The summed E-state index contributed by atoms with van der Waals surface area (Å²) in [6.07, 6.45) is 6.92. The molecule has 1 fully saturated rings. The van der Waals surface area contributed by atoms with Crippen molar-refractivity contribution in [2.75, 3.05) is 25.6 Å². The SMILES string of the molecule is CN1CCC[C@@H]1Cc1c[nH]c2ccc(CCS(=O)(=O)c3ccccc3)cc12.CS(=O)(=O)O.O. The zero-order valence-electron chi connectivity index (χ0n) is 18.9. The lowest BCUT2D eigenvalue weighted by atomic mass is 10.0. The number of benzene rings is 2. The Morgan fingerprint density at radius 2 is 1.76 bits per heavy atom. The standard InChI is InChI=1S/C22H26N2O2S.CH4O3S.H2O/c1-24-12-5-6-19(24)15-18-16-23-22-10-9-17(14-21(18)22)11-13-27(25,26)20-7-3-2-4-8-20;1-5(2,3)4;/h2-4,7-10,14,16,19,23H,5-6,11-13,15H2,1H3;1H3,(H,2,3,4);1H2/t19-;;/m1../s1. The summed E-state index contributed by atoms with van der Waals surface area (Å²) in [5, 5.41) is 1.23. The van der Waals surface area contributed by atoms with Crippen LogP contribution < -0.4 is 0 Å². The number of likely N-dealkylation sites (N-methyl/N-ethyl adjacent to an activating group) is 1. The minimum atomic E-state index is -3.67. The highest BCUT2D eigenvalue weighted by molar-refractivity contribution is 7.91. The molecule has 0 aliphatic carbocycles. The van der Waals surface area contributed by atoms with Gasteiger partial charge in [0.05, 0.1) is 16.9 Å². The molecular weight excluding hydrogens is 464 g/mol. The van der Waals surface area contributed by atoms with Gasteiger partial charge in [-0.05, 0) is 74.7 Å². The van der Waals surface area contributed by atoms with E-state index in [1.54, 1.807) is 24.3 Å². The van der Waals surface area contributed by atoms with Crippen molar-refractivity contribution in [2.45, 2.75) is 36.6 Å². The molecule has 1 saturated heterocycles. The first-order valence-corrected chi connectivity index (χ1v) is 14.0. The summed E-state index contributed by atoms with van der Waals surface area (Å²) < 4.78 is 50.9. The van der Waals surface area contributed by atoms with Gasteiger partial charge in [-0.25, -0.2) is 8.42 Å². The van der Waals surface area contributed by atoms with E-state index in [0.29, 0.717) is 23.6 Å². The maximum atomic E-state index is 12.5. The third-order valence-electron chi connectivity index (χ3n) is 5.72. The van der Waals surface area contributed by atoms with Gasteiger partial charge in [0, 0.05) is 23.1 Å². The number of aryl methyl sites for hydroxylation is 1. The summed E-state index contributed by atoms with van der Waals surface area (Å²) in [7, 11) is -4.71. The van der Waals surface area contributed by atoms with Crippen LogP contribution in [0.25, 0.3) is 10.9 Å². The van der Waals surface area contributed by atoms with E-state index < -0.39 is 20.0 Å². The van der Waals surface area contributed by atoms with E-state index in [2.05, 4.69) is 35.3 Å². The first-order chi connectivity index (χ1) is 15.0. The van der Waals surface area contributed by atoms with Crippen molar-refractivity contribution in [3.8, 4) is 0 Å². The number of rotatable bonds is 6. The first-order valence-electron chi connectivity index (χ1n) is 10.5. The van der Waals surface area contributed by atoms with Crippen LogP contribution in [0, 0.1) is 0 Å². The monoisotopic (exact) mass is 496 g/mol. The zero-order chi connectivity index (χ0) is 23.4. The molecule has 10 heteroatoms. The fourth-order valence-electron chi connectivity index (χ4n) is 4.04. The van der Waals surface area contributed by atoms with Gasteiger partial charge in [-0.15, -0.1) is 0 Å². The van der Waals surface area contributed by atoms with Crippen molar-refractivity contribution < 1.29 is 26.9 Å². The van der Waals surface area contributed by atoms with Gasteiger partial charge in [-0.3, -0.25) is 4.55 Å². The number of hydrogen-bond acceptors (Lipinski definition) is 5. The molecule has 182 valence electrons. The number of fused-ring (bicyclic) bond motifs is 1. The Kier molecular flexibility index (Phi) is 9.21. The van der Waals surface area contributed by atoms with E-state index in [1.165, 1.54) is 30.3 Å². The van der Waals surface area contributed by atoms with Gasteiger partial charge >= 0.3 is 0 Å². The quantitative estimate of drug-likeness (QED) is 0.503. The van der Waals surface area contributed by atoms with Crippen LogP contribution in [0.1, 0.15) is 24.0 Å². The predicted molar refractivity (Wildman–Crippen MR) is 131 cm³/mol. The number of hydrogen-bond donors (Lipinski definition) is 2. The number of sulfone groups is 1. The molecule has 2 heterocycles. The Hall–Kier alpha value is -2.24. The topological polar surface area (TPSA) is 139 Å². The fourth-order valence-corrected chi connectivity index (χ4v) is 5.35. The van der Waals surface area contributed by atoms with Crippen LogP contribution in [0.3, 0.4) is 0 Å². The van der Waals surface area contributed by atoms with Crippen molar-refractivity contribution in [1.29, 1.82) is 0 Å². The van der Waals surface area contributed by atoms with E-state index in [-0.39, 0.29) is 11.2 Å². The van der Waals surface area contributed by atoms with Gasteiger partial charge in [0.15, 0.2) is 9.84 Å². The highest BCUT2D eigenvalue weighted by atomic mass is 32.2. The Labute approximate surface area is 195 Å². The number of aromatic amines is 1. The summed E-state index contributed by atoms with van der Waals surface area (Å²) in [5.41, 5.74) is 3.53. The van der Waals surface area contributed by atoms with Crippen molar-refractivity contribution >= 4 is 30.9 Å². The Balaban J connectivity index is 0.000000583. The molecule has 4 N–H and O–H groups in total. The van der Waals surface area contributed by atoms with Gasteiger partial charge in [0.25, 0.3) is 10.1 Å². The smallest absolute Gasteiger partial charge is 0.261 e. The minimum Gasteiger partial charge on any atom is -0.412 e. The molecule has 1 aromatic heterocycles. The van der Waals surface area contributed by atoms with Crippen molar-refractivity contribution in [2.24, 2.45) is 0 Å². The van der Waals surface area contributed by atoms with E-state index >= 15 is 0 Å². The van der Waals surface area contributed by atoms with Gasteiger partial charge in [-0.2, -0.15) is 8.42 Å². The lowest BCUT2D eigenvalue weighted by Crippen LogP contribution is -2.26. The van der Waals surface area contributed by atoms with Crippen LogP contribution in [0.5, 0.6) is 0 Å². The molecule has 0 radical (unpaired) electrons. The normalized spacial score (nSPS) is 16.8. The second-order valence-electron chi connectivity index (χ2n) is 8.29. The summed E-state index contributed by atoms with van der Waals surface area (Å²) in [4.78, 5) is 6.21. The Bertz CT molecular complexity index is 1250. The second-order valence-corrected chi connectivity index (χ2v) is 11.9. The minimum absolute atomic E-state index is 0. The molecule has 3 aromatic rings. The summed E-state index contributed by atoms with van der Waals surface area (Å²) >= 11 is 0. The van der Waals surface area contributed by atoms with Gasteiger partial charge in [-0.1, -0.05) is 24.3 Å². The highest BCUT2D eigenvalue weighted by Gasteiger charge is 2.22. The molecule has 1 atom stereocenters. The van der Waals surface area contributed by atoms with Crippen molar-refractivity contribution in [3.05, 3.63) is 65.9 Å². The van der Waals surface area contributed by atoms with Gasteiger partial charge in [0.2, 0.25) is 0 Å². The molecule has 0 amide bonds. The lowest BCUT2D eigenvalue weighted by Gasteiger charge is -2.18. The van der Waals surface area contributed by atoms with Crippen LogP contribution in [0.2, 0.25) is 0 Å². The number of H-pyrrole nitrogens is 1. The molecule has 0 unspecified atom stereocenters. The van der Waals surface area contributed by atoms with Crippen LogP contribution in [-0.2, 0) is 32.8 Å². The van der Waals surface area contributed by atoms with Crippen LogP contribution in [0.15, 0.2) is 59.6 Å². The number of nitrogens with one attached hydrogen (secondary N) is 1. The van der Waals surface area contributed by atoms with E-state index in [4.69, 9.17) is 4.55 Å². The zero-order valence-corrected chi connectivity index (χ0v) is 20.5. The highest BCUT2D eigenvalue weighted by Crippen LogP contribution is 2.26. The maximum absolute atomic E-state index is 12.5. The molecule has 0 saturated carbocycles. The van der Waals surface area contributed by atoms with E-state index in [0.717, 1.165) is 17.5 Å². The molecule has 0 bridgehead atoms. The Morgan fingerprint density at radius 1 is 1.09 bits per heavy atom. The summed E-state index contributed by atoms with van der Waals surface area (Å²) in [5.74, 6) is 0.133. The first kappa shape index (κ1) is 27.0. The molecule has 1 aliphatic heterocycles. The molecule has 33 heavy (non-hydrogen) atoms. The molecule has 8 nitrogen and oxygen atoms in total. The third-order valence-corrected chi connectivity index (χ3v) is 7.45. The average molecular weight is 497 g/mol. The number of nitrogens with zero attached hydrogens (tertiary/aromatic N) is 1. The third kappa shape index (κ3) is 7.94. The lowest BCUT2D eigenvalue weighted by molar-refractivity contribution is 0.310. The Morgan fingerprint density at radius 3 is 2.36 bits per heavy atom. The molecular formula is C23H32N2O6S2. The number of likely N-dealkylation sites (tertiary alicyclic amines) is 1. The fraction of sp³-hybridized carbons (Fsp3) is 0.391. The largest absolute Gasteiger partial charge is 0.412 e. The van der Waals surface area contributed by atoms with E-state index in [1.807, 2.05) is 12.1 Å². The maximum Gasteiger partial charge on any atom is 0.261 e. The van der Waals surface area contributed by atoms with E-state index in [9.17, 15) is 16.8 Å². The van der Waals surface area contributed by atoms with Crippen LogP contribution in [-0.4, -0.2) is 68.4 Å². The summed E-state index contributed by atoms with van der Waals surface area (Å²) in [6, 6.07) is 15.6. The molecule has 2 aromatic carbocycles. The van der Waals surface area contributed by atoms with Gasteiger partial charge < -0.3 is 15.4 Å². The van der Waals surface area contributed by atoms with Crippen LogP contribution in [0.4, 0.5) is 0 Å². The molecule has 0 spiro atoms. The predicted octanol–water partition coefficient (Wildman–Crippen LogP) is 2.50. The van der Waals surface area contributed by atoms with Crippen molar-refractivity contribution in [1.82, 2.24) is 9.88 Å². The van der Waals surface area contributed by atoms with Crippen LogP contribution >= 0.6 is 0 Å². The molecule has 4 rings (SSSR count). The second kappa shape index (κ2) is 11.3. The van der Waals surface area contributed by atoms with Crippen molar-refractivity contribution in [3.63, 3.8) is 0 Å². The average Bonchev–Trinajstić information content (AvgIpc) is 3.32. The summed E-state index contributed by atoms with van der Waals surface area (Å²) in [6.45, 7) is 1.18. The van der Waals surface area contributed by atoms with Gasteiger partial charge in [0.1, 0.15) is 0 Å².